The number of carbonyl (C=O) groups is 1. The van der Waals surface area contributed by atoms with Gasteiger partial charge in [0.25, 0.3) is 0 Å². The van der Waals surface area contributed by atoms with Gasteiger partial charge < -0.3 is 9.64 Å². The fourth-order valence-electron chi connectivity index (χ4n) is 5.25. The Morgan fingerprint density at radius 2 is 1.76 bits per heavy atom. The van der Waals surface area contributed by atoms with E-state index in [0.717, 1.165) is 49.0 Å². The number of halogens is 3. The smallest absolute Gasteiger partial charge is 0.232 e. The number of carbonyl (C=O) groups excluding carboxylic acids is 1. The number of amides is 1. The molecule has 1 aliphatic rings. The highest BCUT2D eigenvalue weighted by Gasteiger charge is 2.40. The van der Waals surface area contributed by atoms with Gasteiger partial charge in [0.1, 0.15) is 5.82 Å². The van der Waals surface area contributed by atoms with Crippen molar-refractivity contribution in [3.63, 3.8) is 0 Å². The summed E-state index contributed by atoms with van der Waals surface area (Å²) in [5.41, 5.74) is 0.329. The summed E-state index contributed by atoms with van der Waals surface area (Å²) < 4.78 is 21.6. The summed E-state index contributed by atoms with van der Waals surface area (Å²) in [6.45, 7) is 13.1. The normalized spacial score (nSPS) is 17.2. The molecule has 1 saturated heterocycles. The van der Waals surface area contributed by atoms with Gasteiger partial charge in [-0.1, -0.05) is 77.1 Å². The number of hydrogen-bond acceptors (Lipinski definition) is 3. The van der Waals surface area contributed by atoms with Crippen LogP contribution in [0.4, 0.5) is 10.1 Å². The SMILES string of the molecule is CCCCC(CC)[C@H](C)N(C(=O)C(C)(C)C)c1c(F)cc(C2(Sc3ccc(Cl)cc3)CCOCC2)cc1Cl. The summed E-state index contributed by atoms with van der Waals surface area (Å²) in [4.78, 5) is 16.5. The summed E-state index contributed by atoms with van der Waals surface area (Å²) in [6.07, 6.45) is 5.50. The van der Waals surface area contributed by atoms with Crippen LogP contribution in [0.2, 0.25) is 10.0 Å². The van der Waals surface area contributed by atoms with E-state index in [-0.39, 0.29) is 28.6 Å². The lowest BCUT2D eigenvalue weighted by Gasteiger charge is -2.40. The second-order valence-corrected chi connectivity index (χ2v) is 13.7. The van der Waals surface area contributed by atoms with E-state index in [9.17, 15) is 4.79 Å². The van der Waals surface area contributed by atoms with E-state index < -0.39 is 16.0 Å². The number of thioether (sulfide) groups is 1. The van der Waals surface area contributed by atoms with Crippen molar-refractivity contribution in [2.24, 2.45) is 11.3 Å². The summed E-state index contributed by atoms with van der Waals surface area (Å²) in [6, 6.07) is 11.0. The number of nitrogens with zero attached hydrogens (tertiary/aromatic N) is 1. The van der Waals surface area contributed by atoms with Crippen molar-refractivity contribution in [3.05, 3.63) is 57.8 Å². The van der Waals surface area contributed by atoms with Crippen LogP contribution >= 0.6 is 35.0 Å². The minimum absolute atomic E-state index is 0.121. The second kappa shape index (κ2) is 13.4. The average Bonchev–Trinajstić information content (AvgIpc) is 2.87. The van der Waals surface area contributed by atoms with Gasteiger partial charge in [-0.2, -0.15) is 0 Å². The van der Waals surface area contributed by atoms with E-state index in [0.29, 0.717) is 18.2 Å². The second-order valence-electron chi connectivity index (χ2n) is 11.4. The monoisotopic (exact) mass is 581 g/mol. The lowest BCUT2D eigenvalue weighted by Crippen LogP contribution is -2.48. The molecule has 1 aliphatic heterocycles. The highest BCUT2D eigenvalue weighted by molar-refractivity contribution is 8.00. The van der Waals surface area contributed by atoms with Crippen LogP contribution in [0.25, 0.3) is 0 Å². The van der Waals surface area contributed by atoms with E-state index in [2.05, 4.69) is 13.8 Å². The van der Waals surface area contributed by atoms with Crippen molar-refractivity contribution in [1.82, 2.24) is 0 Å². The van der Waals surface area contributed by atoms with Crippen LogP contribution in [0.15, 0.2) is 41.3 Å². The van der Waals surface area contributed by atoms with Gasteiger partial charge >= 0.3 is 0 Å². The van der Waals surface area contributed by atoms with Gasteiger partial charge in [0.05, 0.1) is 15.5 Å². The third-order valence-corrected chi connectivity index (χ3v) is 9.70. The lowest BCUT2D eigenvalue weighted by molar-refractivity contribution is -0.126. The van der Waals surface area contributed by atoms with Gasteiger partial charge in [-0.3, -0.25) is 4.79 Å². The zero-order valence-electron chi connectivity index (χ0n) is 23.6. The van der Waals surface area contributed by atoms with Crippen LogP contribution < -0.4 is 4.90 Å². The van der Waals surface area contributed by atoms with Gasteiger partial charge in [-0.05, 0) is 74.1 Å². The van der Waals surface area contributed by atoms with Gasteiger partial charge in [0.2, 0.25) is 5.91 Å². The Bertz CT molecular complexity index is 1060. The third kappa shape index (κ3) is 7.27. The first kappa shape index (κ1) is 31.3. The van der Waals surface area contributed by atoms with Crippen LogP contribution in [-0.4, -0.2) is 25.2 Å². The molecule has 0 bridgehead atoms. The fraction of sp³-hybridized carbons (Fsp3) is 0.581. The molecule has 2 aromatic rings. The minimum atomic E-state index is -0.682. The molecule has 0 radical (unpaired) electrons. The Morgan fingerprint density at radius 1 is 1.13 bits per heavy atom. The largest absolute Gasteiger partial charge is 0.381 e. The molecule has 1 heterocycles. The lowest BCUT2D eigenvalue weighted by atomic mass is 9.87. The highest BCUT2D eigenvalue weighted by Crippen LogP contribution is 2.50. The van der Waals surface area contributed by atoms with E-state index in [1.807, 2.05) is 58.0 Å². The number of hydrogen-bond donors (Lipinski definition) is 0. The maximum atomic E-state index is 16.3. The van der Waals surface area contributed by atoms with Crippen molar-refractivity contribution in [2.45, 2.75) is 95.8 Å². The van der Waals surface area contributed by atoms with Gasteiger partial charge in [-0.25, -0.2) is 4.39 Å². The van der Waals surface area contributed by atoms with Crippen LogP contribution in [0, 0.1) is 17.2 Å². The summed E-state index contributed by atoms with van der Waals surface area (Å²) in [5, 5.41) is 0.952. The first-order valence-corrected chi connectivity index (χ1v) is 15.4. The Balaban J connectivity index is 2.09. The molecule has 0 aromatic heterocycles. The van der Waals surface area contributed by atoms with Crippen molar-refractivity contribution >= 4 is 46.6 Å². The molecule has 1 amide bonds. The number of anilines is 1. The minimum Gasteiger partial charge on any atom is -0.381 e. The molecule has 3 nitrogen and oxygen atoms in total. The number of rotatable bonds is 10. The summed E-state index contributed by atoms with van der Waals surface area (Å²) in [7, 11) is 0. The molecule has 1 unspecified atom stereocenters. The van der Waals surface area contributed by atoms with Gasteiger partial charge in [0, 0.05) is 34.6 Å². The molecular formula is C31H42Cl2FNO2S. The van der Waals surface area contributed by atoms with Crippen molar-refractivity contribution in [3.8, 4) is 0 Å². The number of ether oxygens (including phenoxy) is 1. The van der Waals surface area contributed by atoms with Crippen molar-refractivity contribution < 1.29 is 13.9 Å². The van der Waals surface area contributed by atoms with Crippen LogP contribution in [0.5, 0.6) is 0 Å². The molecule has 0 aliphatic carbocycles. The maximum Gasteiger partial charge on any atom is 0.232 e. The topological polar surface area (TPSA) is 29.5 Å². The van der Waals surface area contributed by atoms with Crippen molar-refractivity contribution in [2.75, 3.05) is 18.1 Å². The maximum absolute atomic E-state index is 16.3. The molecule has 0 N–H and O–H groups in total. The molecule has 38 heavy (non-hydrogen) atoms. The third-order valence-electron chi connectivity index (χ3n) is 7.61. The molecule has 210 valence electrons. The van der Waals surface area contributed by atoms with E-state index in [1.54, 1.807) is 22.7 Å². The molecule has 3 rings (SSSR count). The Morgan fingerprint density at radius 3 is 2.29 bits per heavy atom. The molecule has 7 heteroatoms. The predicted molar refractivity (Wildman–Crippen MR) is 160 cm³/mol. The Kier molecular flexibility index (Phi) is 11.0. The average molecular weight is 583 g/mol. The Labute approximate surface area is 242 Å². The molecule has 2 aromatic carbocycles. The first-order valence-electron chi connectivity index (χ1n) is 13.8. The van der Waals surface area contributed by atoms with E-state index in [4.69, 9.17) is 27.9 Å². The summed E-state index contributed by atoms with van der Waals surface area (Å²) >= 11 is 14.7. The predicted octanol–water partition coefficient (Wildman–Crippen LogP) is 9.91. The van der Waals surface area contributed by atoms with Gasteiger partial charge in [-0.15, -0.1) is 11.8 Å². The quantitative estimate of drug-likeness (QED) is 0.279. The van der Waals surface area contributed by atoms with Crippen molar-refractivity contribution in [1.29, 1.82) is 0 Å². The summed E-state index contributed by atoms with van der Waals surface area (Å²) in [5.74, 6) is -0.326. The molecule has 0 saturated carbocycles. The zero-order chi connectivity index (χ0) is 28.1. The van der Waals surface area contributed by atoms with E-state index in [1.165, 1.54) is 0 Å². The van der Waals surface area contributed by atoms with E-state index >= 15 is 4.39 Å². The fourth-order valence-corrected chi connectivity index (χ4v) is 7.01. The van der Waals surface area contributed by atoms with Gasteiger partial charge in [0.15, 0.2) is 0 Å². The van der Waals surface area contributed by atoms with Crippen LogP contribution in [-0.2, 0) is 14.3 Å². The molecule has 1 fully saturated rings. The first-order chi connectivity index (χ1) is 17.9. The molecular weight excluding hydrogens is 540 g/mol. The van der Waals surface area contributed by atoms with Crippen LogP contribution in [0.1, 0.15) is 85.6 Å². The molecule has 0 spiro atoms. The highest BCUT2D eigenvalue weighted by atomic mass is 35.5. The molecule has 2 atom stereocenters. The zero-order valence-corrected chi connectivity index (χ0v) is 25.9. The standard InChI is InChI=1S/C31H42Cl2FNO2S/c1-7-9-10-22(8-2)21(3)35(29(36)30(4,5)6)28-26(33)19-23(20-27(28)34)31(15-17-37-18-16-31)38-25-13-11-24(32)12-14-25/h11-14,19-22H,7-10,15-18H2,1-6H3/t21-,22?/m0/s1. The Hall–Kier alpha value is -1.27. The number of unbranched alkanes of at least 4 members (excludes halogenated alkanes) is 1. The number of benzene rings is 2. The van der Waals surface area contributed by atoms with Crippen LogP contribution in [0.3, 0.4) is 0 Å².